The number of rotatable bonds is 1. The van der Waals surface area contributed by atoms with Gasteiger partial charge in [-0.25, -0.2) is 0 Å². The molecule has 0 fully saturated rings. The normalized spacial score (nSPS) is 32.3. The van der Waals surface area contributed by atoms with Crippen molar-refractivity contribution in [3.63, 3.8) is 0 Å². The van der Waals surface area contributed by atoms with Crippen molar-refractivity contribution < 1.29 is 16.1 Å². The van der Waals surface area contributed by atoms with Crippen LogP contribution in [0.2, 0.25) is 19.7 Å². The van der Waals surface area contributed by atoms with Gasteiger partial charge in [0.2, 0.25) is 0 Å². The van der Waals surface area contributed by atoms with Gasteiger partial charge in [0, 0.05) is 0 Å². The van der Waals surface area contributed by atoms with Crippen molar-refractivity contribution in [3.05, 3.63) is 23.8 Å². The Morgan fingerprint density at radius 1 is 1.27 bits per heavy atom. The fourth-order valence-electron chi connectivity index (χ4n) is 1.19. The van der Waals surface area contributed by atoms with Crippen LogP contribution in [0, 0.1) is 0 Å². The summed E-state index contributed by atoms with van der Waals surface area (Å²) >= 11 is -1.49. The third-order valence-corrected chi connectivity index (χ3v) is 10.8. The molecule has 0 saturated carbocycles. The first-order valence-electron chi connectivity index (χ1n) is 3.60. The summed E-state index contributed by atoms with van der Waals surface area (Å²) in [5.41, 5.74) is 1.56. The van der Waals surface area contributed by atoms with E-state index in [1.54, 1.807) is 5.57 Å². The molecule has 1 rings (SSSR count). The van der Waals surface area contributed by atoms with Crippen molar-refractivity contribution in [2.24, 2.45) is 0 Å². The van der Waals surface area contributed by atoms with Crippen LogP contribution in [0.5, 0.6) is 0 Å². The van der Waals surface area contributed by atoms with Crippen LogP contribution in [-0.2, 0) is 16.1 Å². The zero-order chi connectivity index (χ0) is 8.70. The summed E-state index contributed by atoms with van der Waals surface area (Å²) in [7, 11) is 0. The number of allylic oxidation sites excluding steroid dienone is 4. The van der Waals surface area contributed by atoms with Crippen LogP contribution in [0.3, 0.4) is 0 Å². The summed E-state index contributed by atoms with van der Waals surface area (Å²) in [4.78, 5) is 0. The Bertz CT molecular complexity index is 218. The van der Waals surface area contributed by atoms with E-state index in [1.165, 1.54) is 0 Å². The van der Waals surface area contributed by atoms with E-state index in [0.717, 1.165) is 0 Å². The fraction of sp³-hybridized carbons (Fsp3) is 0.600. The first-order chi connectivity index (χ1) is 4.88. The van der Waals surface area contributed by atoms with Gasteiger partial charge >= 0.3 is 73.5 Å². The molecule has 0 saturated heterocycles. The van der Waals surface area contributed by atoms with Crippen LogP contribution in [0.15, 0.2) is 23.8 Å². The van der Waals surface area contributed by atoms with Crippen LogP contribution < -0.4 is 0 Å². The molecule has 68 valence electrons. The zero-order valence-corrected chi connectivity index (χ0v) is 10.3. The second kappa shape index (κ2) is 2.59. The monoisotopic (exact) mass is 333 g/mol. The predicted molar refractivity (Wildman–Crippen MR) is 48.9 cm³/mol. The van der Waals surface area contributed by atoms with E-state index in [9.17, 15) is 0 Å². The van der Waals surface area contributed by atoms with Gasteiger partial charge in [-0.1, -0.05) is 0 Å². The van der Waals surface area contributed by atoms with E-state index in [2.05, 4.69) is 48.0 Å². The quantitative estimate of drug-likeness (QED) is 0.681. The van der Waals surface area contributed by atoms with Crippen molar-refractivity contribution in [2.45, 2.75) is 33.6 Å². The molecule has 1 aliphatic carbocycles. The Labute approximate surface area is 73.6 Å². The summed E-state index contributed by atoms with van der Waals surface area (Å²) in [6, 6.07) is 0. The maximum atomic E-state index is 2.47. The Kier molecular flexibility index (Phi) is 2.18. The van der Waals surface area contributed by atoms with Crippen LogP contribution in [-0.4, -0.2) is 0 Å². The standard InChI is InChI=1S/C7H9.3CH3.Pt/c1-6-4-3-5-7(6)2;;;;/h3-5H,1-2H3;3*1H3;. The molecule has 0 spiro atoms. The molecular formula is C10H18Pt. The van der Waals surface area contributed by atoms with Crippen molar-refractivity contribution in [1.82, 2.24) is 0 Å². The molecule has 1 aliphatic rings. The van der Waals surface area contributed by atoms with Crippen molar-refractivity contribution >= 4 is 0 Å². The van der Waals surface area contributed by atoms with Crippen molar-refractivity contribution in [2.75, 3.05) is 0 Å². The van der Waals surface area contributed by atoms with Crippen LogP contribution in [0.4, 0.5) is 0 Å². The molecule has 0 N–H and O–H groups in total. The molecule has 0 aliphatic heterocycles. The van der Waals surface area contributed by atoms with Gasteiger partial charge in [-0.3, -0.25) is 0 Å². The molecule has 0 aromatic rings. The van der Waals surface area contributed by atoms with E-state index in [4.69, 9.17) is 0 Å². The third kappa shape index (κ3) is 1.38. The van der Waals surface area contributed by atoms with E-state index in [1.807, 2.05) is 0 Å². The molecule has 0 amide bonds. The summed E-state index contributed by atoms with van der Waals surface area (Å²) in [5, 5.41) is 7.42. The molecule has 0 aromatic heterocycles. The number of hydrogen-bond acceptors (Lipinski definition) is 0. The van der Waals surface area contributed by atoms with Gasteiger partial charge in [-0.15, -0.1) is 0 Å². The average Bonchev–Trinajstić information content (AvgIpc) is 2.12. The Morgan fingerprint density at radius 2 is 1.82 bits per heavy atom. The van der Waals surface area contributed by atoms with Gasteiger partial charge in [0.15, 0.2) is 0 Å². The fourth-order valence-corrected chi connectivity index (χ4v) is 5.42. The van der Waals surface area contributed by atoms with Gasteiger partial charge in [0.25, 0.3) is 0 Å². The predicted octanol–water partition coefficient (Wildman–Crippen LogP) is 3.98. The van der Waals surface area contributed by atoms with Gasteiger partial charge in [-0.2, -0.15) is 0 Å². The van der Waals surface area contributed by atoms with Crippen molar-refractivity contribution in [3.8, 4) is 0 Å². The average molecular weight is 333 g/mol. The topological polar surface area (TPSA) is 0 Å². The summed E-state index contributed by atoms with van der Waals surface area (Å²) < 4.78 is 0.451. The van der Waals surface area contributed by atoms with Crippen LogP contribution >= 0.6 is 0 Å². The van der Waals surface area contributed by atoms with Gasteiger partial charge in [0.05, 0.1) is 0 Å². The molecule has 0 nitrogen and oxygen atoms in total. The molecule has 0 radical (unpaired) electrons. The Morgan fingerprint density at radius 3 is 2.00 bits per heavy atom. The summed E-state index contributed by atoms with van der Waals surface area (Å²) in [5.74, 6) is 0. The summed E-state index contributed by atoms with van der Waals surface area (Å²) in [6.07, 6.45) is 6.86. The molecule has 1 atom stereocenters. The molecule has 0 aromatic carbocycles. The SMILES string of the molecule is CC1=CC=C[C]1(C)[Pt]([CH3])([CH3])[CH3]. The van der Waals surface area contributed by atoms with Crippen LogP contribution in [0.25, 0.3) is 0 Å². The first kappa shape index (κ1) is 9.26. The summed E-state index contributed by atoms with van der Waals surface area (Å²) in [6.45, 7) is 4.65. The van der Waals surface area contributed by atoms with Gasteiger partial charge in [-0.05, 0) is 0 Å². The van der Waals surface area contributed by atoms with E-state index in [0.29, 0.717) is 3.80 Å². The van der Waals surface area contributed by atoms with Gasteiger partial charge < -0.3 is 0 Å². The van der Waals surface area contributed by atoms with E-state index < -0.39 is 16.1 Å². The Balaban J connectivity index is 3.02. The van der Waals surface area contributed by atoms with E-state index in [-0.39, 0.29) is 0 Å². The second-order valence-corrected chi connectivity index (χ2v) is 16.2. The molecular weight excluding hydrogens is 315 g/mol. The zero-order valence-electron chi connectivity index (χ0n) is 8.05. The first-order valence-corrected chi connectivity index (χ1v) is 11.6. The maximum absolute atomic E-state index is 2.47. The van der Waals surface area contributed by atoms with Gasteiger partial charge in [0.1, 0.15) is 0 Å². The second-order valence-electron chi connectivity index (χ2n) is 3.64. The molecule has 11 heavy (non-hydrogen) atoms. The minimum atomic E-state index is -1.49. The minimum absolute atomic E-state index is 0.451. The molecule has 1 unspecified atom stereocenters. The Hall–Kier alpha value is 0.168. The van der Waals surface area contributed by atoms with Crippen molar-refractivity contribution in [1.29, 1.82) is 0 Å². The van der Waals surface area contributed by atoms with E-state index >= 15 is 0 Å². The third-order valence-electron chi connectivity index (χ3n) is 2.48. The molecule has 1 heteroatoms. The van der Waals surface area contributed by atoms with Crippen LogP contribution in [0.1, 0.15) is 13.8 Å². The number of hydrogen-bond donors (Lipinski definition) is 0. The molecule has 0 heterocycles. The molecule has 0 bridgehead atoms.